The molecule has 1 fully saturated rings. The van der Waals surface area contributed by atoms with E-state index in [0.29, 0.717) is 0 Å². The second kappa shape index (κ2) is 12.4. The molecule has 0 saturated carbocycles. The first-order valence-corrected chi connectivity index (χ1v) is 11.8. The monoisotopic (exact) mass is 447 g/mol. The Morgan fingerprint density at radius 2 is 1.82 bits per heavy atom. The number of benzene rings is 1. The average molecular weight is 448 g/mol. The molecule has 4 N–H and O–H groups in total. The van der Waals surface area contributed by atoms with E-state index in [9.17, 15) is 0 Å². The Morgan fingerprint density at radius 1 is 1.03 bits per heavy atom. The molecule has 0 spiro atoms. The fourth-order valence-corrected chi connectivity index (χ4v) is 4.48. The maximum Gasteiger partial charge on any atom is 0.0919 e. The number of aliphatic hydroxyl groups is 1. The molecule has 0 amide bonds. The van der Waals surface area contributed by atoms with Crippen LogP contribution in [-0.2, 0) is 6.61 Å². The first-order chi connectivity index (χ1) is 16.0. The summed E-state index contributed by atoms with van der Waals surface area (Å²) in [5, 5.41) is 17.0. The molecule has 6 nitrogen and oxygen atoms in total. The highest BCUT2D eigenvalue weighted by Crippen LogP contribution is 2.38. The summed E-state index contributed by atoms with van der Waals surface area (Å²) in [6.45, 7) is 6.10. The Hall–Kier alpha value is -2.80. The van der Waals surface area contributed by atoms with Gasteiger partial charge in [0.2, 0.25) is 0 Å². The lowest BCUT2D eigenvalue weighted by molar-refractivity contribution is 0.0717. The third-order valence-electron chi connectivity index (χ3n) is 6.23. The van der Waals surface area contributed by atoms with Gasteiger partial charge < -0.3 is 20.8 Å². The SMILES string of the molecule is Cc1cccnc1C1CC(=N)CC(n2cccc2C)N1CCCCN.OCc1ccccc1. The minimum absolute atomic E-state index is 0.140. The topological polar surface area (TPSA) is 91.2 Å². The van der Waals surface area contributed by atoms with E-state index >= 15 is 0 Å². The van der Waals surface area contributed by atoms with Gasteiger partial charge in [-0.1, -0.05) is 36.4 Å². The zero-order valence-electron chi connectivity index (χ0n) is 19.8. The molecule has 1 aliphatic rings. The van der Waals surface area contributed by atoms with E-state index in [1.54, 1.807) is 0 Å². The lowest BCUT2D eigenvalue weighted by Gasteiger charge is -2.43. The molecule has 3 aromatic rings. The molecule has 6 heteroatoms. The molecule has 176 valence electrons. The van der Waals surface area contributed by atoms with Crippen LogP contribution in [0.2, 0.25) is 0 Å². The van der Waals surface area contributed by atoms with Crippen molar-refractivity contribution in [2.45, 2.75) is 58.3 Å². The lowest BCUT2D eigenvalue weighted by atomic mass is 9.92. The summed E-state index contributed by atoms with van der Waals surface area (Å²) in [4.78, 5) is 7.22. The third kappa shape index (κ3) is 6.60. The summed E-state index contributed by atoms with van der Waals surface area (Å²) < 4.78 is 2.31. The Bertz CT molecular complexity index is 1000. The van der Waals surface area contributed by atoms with Crippen LogP contribution in [0.5, 0.6) is 0 Å². The van der Waals surface area contributed by atoms with Crippen molar-refractivity contribution in [1.29, 1.82) is 5.41 Å². The number of nitrogens with zero attached hydrogens (tertiary/aromatic N) is 3. The number of pyridine rings is 1. The summed E-state index contributed by atoms with van der Waals surface area (Å²) in [5.41, 5.74) is 11.0. The van der Waals surface area contributed by atoms with E-state index in [1.165, 1.54) is 11.3 Å². The molecule has 0 bridgehead atoms. The standard InChI is InChI=1S/C20H29N5.C7H8O/c1-15-7-5-10-23-20(15)18-13-17(22)14-19(24-12-6-8-16(24)2)25(18)11-4-3-9-21;8-6-7-4-2-1-3-5-7/h5-8,10,12,18-19,22H,3-4,9,11,13-14,21H2,1-2H3;1-5,8H,6H2. The Labute approximate surface area is 197 Å². The molecule has 1 saturated heterocycles. The number of hydrogen-bond acceptors (Lipinski definition) is 5. The molecule has 4 rings (SSSR count). The molecule has 1 aromatic carbocycles. The number of hydrogen-bond donors (Lipinski definition) is 3. The van der Waals surface area contributed by atoms with Gasteiger partial charge in [-0.25, -0.2) is 0 Å². The minimum Gasteiger partial charge on any atom is -0.392 e. The van der Waals surface area contributed by atoms with Crippen molar-refractivity contribution in [2.24, 2.45) is 5.73 Å². The maximum atomic E-state index is 8.54. The molecular weight excluding hydrogens is 410 g/mol. The highest BCUT2D eigenvalue weighted by Gasteiger charge is 2.36. The predicted molar refractivity (Wildman–Crippen MR) is 134 cm³/mol. The van der Waals surface area contributed by atoms with E-state index in [2.05, 4.69) is 52.7 Å². The highest BCUT2D eigenvalue weighted by molar-refractivity contribution is 5.83. The number of unbranched alkanes of at least 4 members (excludes halogenated alkanes) is 1. The summed E-state index contributed by atoms with van der Waals surface area (Å²) >= 11 is 0. The lowest BCUT2D eigenvalue weighted by Crippen LogP contribution is -2.43. The van der Waals surface area contributed by atoms with Crippen LogP contribution in [0.15, 0.2) is 67.0 Å². The van der Waals surface area contributed by atoms with Gasteiger partial charge in [0.25, 0.3) is 0 Å². The number of aromatic nitrogens is 2. The van der Waals surface area contributed by atoms with Crippen LogP contribution in [0.25, 0.3) is 0 Å². The number of rotatable bonds is 7. The second-order valence-corrected chi connectivity index (χ2v) is 8.65. The maximum absolute atomic E-state index is 8.54. The second-order valence-electron chi connectivity index (χ2n) is 8.65. The van der Waals surface area contributed by atoms with Crippen LogP contribution in [-0.4, -0.2) is 38.4 Å². The van der Waals surface area contributed by atoms with Gasteiger partial charge >= 0.3 is 0 Å². The molecule has 0 aliphatic carbocycles. The van der Waals surface area contributed by atoms with E-state index in [-0.39, 0.29) is 18.8 Å². The van der Waals surface area contributed by atoms with Gasteiger partial charge in [-0.2, -0.15) is 0 Å². The molecule has 1 aliphatic heterocycles. The Balaban J connectivity index is 0.000000323. The first kappa shape index (κ1) is 24.8. The number of nitrogens with two attached hydrogens (primary N) is 1. The predicted octanol–water partition coefficient (Wildman–Crippen LogP) is 4.77. The smallest absolute Gasteiger partial charge is 0.0919 e. The van der Waals surface area contributed by atoms with E-state index < -0.39 is 0 Å². The van der Waals surface area contributed by atoms with Crippen LogP contribution in [0.3, 0.4) is 0 Å². The van der Waals surface area contributed by atoms with Crippen molar-refractivity contribution in [1.82, 2.24) is 14.5 Å². The molecule has 2 atom stereocenters. The van der Waals surface area contributed by atoms with Gasteiger partial charge in [-0.3, -0.25) is 9.88 Å². The minimum atomic E-state index is 0.140. The molecular formula is C27H37N5O. The Kier molecular flexibility index (Phi) is 9.36. The van der Waals surface area contributed by atoms with E-state index in [0.717, 1.165) is 55.7 Å². The van der Waals surface area contributed by atoms with Crippen molar-refractivity contribution in [3.8, 4) is 0 Å². The number of nitrogens with one attached hydrogen (secondary N) is 1. The number of aliphatic hydroxyl groups excluding tert-OH is 1. The third-order valence-corrected chi connectivity index (χ3v) is 6.23. The molecule has 0 radical (unpaired) electrons. The van der Waals surface area contributed by atoms with Crippen molar-refractivity contribution in [3.63, 3.8) is 0 Å². The van der Waals surface area contributed by atoms with Crippen LogP contribution >= 0.6 is 0 Å². The van der Waals surface area contributed by atoms with Crippen molar-refractivity contribution in [2.75, 3.05) is 13.1 Å². The number of aryl methyl sites for hydroxylation is 2. The van der Waals surface area contributed by atoms with Crippen molar-refractivity contribution < 1.29 is 5.11 Å². The summed E-state index contributed by atoms with van der Waals surface area (Å²) in [6, 6.07) is 18.0. The van der Waals surface area contributed by atoms with Crippen LogP contribution in [0, 0.1) is 19.3 Å². The van der Waals surface area contributed by atoms with Gasteiger partial charge in [0, 0.05) is 43.2 Å². The molecule has 33 heavy (non-hydrogen) atoms. The Morgan fingerprint density at radius 3 is 2.42 bits per heavy atom. The van der Waals surface area contributed by atoms with Crippen molar-refractivity contribution in [3.05, 3.63) is 89.5 Å². The largest absolute Gasteiger partial charge is 0.392 e. The van der Waals surface area contributed by atoms with Crippen molar-refractivity contribution >= 4 is 5.71 Å². The molecule has 3 heterocycles. The summed E-state index contributed by atoms with van der Waals surface area (Å²) in [7, 11) is 0. The molecule has 2 aromatic heterocycles. The van der Waals surface area contributed by atoms with Crippen LogP contribution < -0.4 is 5.73 Å². The van der Waals surface area contributed by atoms with E-state index in [4.69, 9.17) is 16.2 Å². The first-order valence-electron chi connectivity index (χ1n) is 11.8. The van der Waals surface area contributed by atoms with Gasteiger partial charge in [-0.15, -0.1) is 0 Å². The van der Waals surface area contributed by atoms with Crippen LogP contribution in [0.4, 0.5) is 0 Å². The zero-order chi connectivity index (χ0) is 23.6. The van der Waals surface area contributed by atoms with Gasteiger partial charge in [0.05, 0.1) is 24.5 Å². The van der Waals surface area contributed by atoms with Gasteiger partial charge in [-0.05, 0) is 62.6 Å². The highest BCUT2D eigenvalue weighted by atomic mass is 16.3. The average Bonchev–Trinajstić information content (AvgIpc) is 3.26. The number of piperidine rings is 1. The normalized spacial score (nSPS) is 18.6. The quantitative estimate of drug-likeness (QED) is 0.455. The van der Waals surface area contributed by atoms with Gasteiger partial charge in [0.15, 0.2) is 0 Å². The molecule has 2 unspecified atom stereocenters. The van der Waals surface area contributed by atoms with E-state index in [1.807, 2.05) is 42.6 Å². The zero-order valence-corrected chi connectivity index (χ0v) is 19.8. The van der Waals surface area contributed by atoms with Crippen LogP contribution in [0.1, 0.15) is 60.4 Å². The fraction of sp³-hybridized carbons (Fsp3) is 0.407. The summed E-state index contributed by atoms with van der Waals surface area (Å²) in [6.07, 6.45) is 7.83. The van der Waals surface area contributed by atoms with Gasteiger partial charge in [0.1, 0.15) is 0 Å². The number of likely N-dealkylation sites (tertiary alicyclic amines) is 1. The fourth-order valence-electron chi connectivity index (χ4n) is 4.48. The summed E-state index contributed by atoms with van der Waals surface area (Å²) in [5.74, 6) is 0.